The molecular weight excluding hydrogens is 278 g/mol. The van der Waals surface area contributed by atoms with Gasteiger partial charge in [-0.3, -0.25) is 4.79 Å². The van der Waals surface area contributed by atoms with Crippen LogP contribution in [0, 0.1) is 5.92 Å². The summed E-state index contributed by atoms with van der Waals surface area (Å²) in [4.78, 5) is 14.1. The van der Waals surface area contributed by atoms with E-state index in [1.165, 1.54) is 12.8 Å². The first-order valence-electron chi connectivity index (χ1n) is 8.07. The standard InChI is InChI=1S/C18H25NO3/c1-12(13-8-9-13)19(4)16(20)11-21-15-7-5-6-14-10-18(2,3)22-17(14)15/h5-7,12-13H,8-11H2,1-4H3. The minimum absolute atomic E-state index is 0.0225. The van der Waals surface area contributed by atoms with E-state index in [1.54, 1.807) is 0 Å². The van der Waals surface area contributed by atoms with Gasteiger partial charge in [-0.1, -0.05) is 12.1 Å². The largest absolute Gasteiger partial charge is 0.483 e. The highest BCUT2D eigenvalue weighted by Gasteiger charge is 2.34. The van der Waals surface area contributed by atoms with Crippen molar-refractivity contribution in [3.63, 3.8) is 0 Å². The molecule has 0 saturated heterocycles. The molecule has 120 valence electrons. The highest BCUT2D eigenvalue weighted by molar-refractivity contribution is 5.78. The van der Waals surface area contributed by atoms with Crippen LogP contribution in [0.15, 0.2) is 18.2 Å². The SMILES string of the molecule is CC(C1CC1)N(C)C(=O)COc1cccc2c1OC(C)(C)C2. The molecule has 22 heavy (non-hydrogen) atoms. The molecule has 2 aliphatic rings. The van der Waals surface area contributed by atoms with Gasteiger partial charge in [0, 0.05) is 25.1 Å². The Bertz CT molecular complexity index is 578. The third kappa shape index (κ3) is 3.06. The fourth-order valence-electron chi connectivity index (χ4n) is 3.06. The third-order valence-electron chi connectivity index (χ3n) is 4.71. The number of nitrogens with zero attached hydrogens (tertiary/aromatic N) is 1. The van der Waals surface area contributed by atoms with Gasteiger partial charge in [0.2, 0.25) is 0 Å². The summed E-state index contributed by atoms with van der Waals surface area (Å²) in [6.07, 6.45) is 3.33. The molecule has 1 unspecified atom stereocenters. The Morgan fingerprint density at radius 1 is 1.45 bits per heavy atom. The van der Waals surface area contributed by atoms with Crippen LogP contribution in [0.5, 0.6) is 11.5 Å². The second-order valence-corrected chi connectivity index (χ2v) is 7.15. The van der Waals surface area contributed by atoms with E-state index in [0.29, 0.717) is 17.7 Å². The molecule has 0 bridgehead atoms. The Labute approximate surface area is 132 Å². The molecule has 1 atom stereocenters. The van der Waals surface area contributed by atoms with E-state index in [0.717, 1.165) is 17.7 Å². The van der Waals surface area contributed by atoms with Gasteiger partial charge in [-0.2, -0.15) is 0 Å². The van der Waals surface area contributed by atoms with Crippen molar-refractivity contribution in [2.45, 2.75) is 51.7 Å². The molecule has 1 aliphatic heterocycles. The average Bonchev–Trinajstić information content (AvgIpc) is 3.25. The van der Waals surface area contributed by atoms with Gasteiger partial charge in [0.05, 0.1) is 0 Å². The van der Waals surface area contributed by atoms with E-state index in [1.807, 2.05) is 24.1 Å². The number of likely N-dealkylation sites (N-methyl/N-ethyl adjacent to an activating group) is 1. The molecule has 0 radical (unpaired) electrons. The minimum atomic E-state index is -0.205. The summed E-state index contributed by atoms with van der Waals surface area (Å²) >= 11 is 0. The van der Waals surface area contributed by atoms with Crippen molar-refractivity contribution >= 4 is 5.91 Å². The number of fused-ring (bicyclic) bond motifs is 1. The number of carbonyl (C=O) groups excluding carboxylic acids is 1. The Morgan fingerprint density at radius 2 is 2.18 bits per heavy atom. The van der Waals surface area contributed by atoms with E-state index in [2.05, 4.69) is 26.8 Å². The predicted octanol–water partition coefficient (Wildman–Crippen LogP) is 3.04. The van der Waals surface area contributed by atoms with Gasteiger partial charge in [-0.15, -0.1) is 0 Å². The van der Waals surface area contributed by atoms with E-state index < -0.39 is 0 Å². The minimum Gasteiger partial charge on any atom is -0.483 e. The smallest absolute Gasteiger partial charge is 0.260 e. The third-order valence-corrected chi connectivity index (χ3v) is 4.71. The number of carbonyl (C=O) groups is 1. The van der Waals surface area contributed by atoms with E-state index in [9.17, 15) is 4.79 Å². The first-order valence-corrected chi connectivity index (χ1v) is 8.07. The molecule has 1 fully saturated rings. The van der Waals surface area contributed by atoms with Crippen molar-refractivity contribution in [1.29, 1.82) is 0 Å². The van der Waals surface area contributed by atoms with Gasteiger partial charge in [0.15, 0.2) is 18.1 Å². The van der Waals surface area contributed by atoms with E-state index in [-0.39, 0.29) is 18.1 Å². The van der Waals surface area contributed by atoms with Gasteiger partial charge < -0.3 is 14.4 Å². The molecule has 1 aromatic carbocycles. The van der Waals surface area contributed by atoms with Crippen LogP contribution in [0.1, 0.15) is 39.2 Å². The average molecular weight is 303 g/mol. The number of rotatable bonds is 5. The summed E-state index contributed by atoms with van der Waals surface area (Å²) < 4.78 is 11.7. The Kier molecular flexibility index (Phi) is 3.79. The van der Waals surface area contributed by atoms with Crippen molar-refractivity contribution in [3.8, 4) is 11.5 Å². The zero-order chi connectivity index (χ0) is 15.9. The van der Waals surface area contributed by atoms with Crippen LogP contribution in [-0.2, 0) is 11.2 Å². The van der Waals surface area contributed by atoms with Gasteiger partial charge in [0.25, 0.3) is 5.91 Å². The maximum atomic E-state index is 12.3. The van der Waals surface area contributed by atoms with Crippen LogP contribution in [-0.4, -0.2) is 36.1 Å². The van der Waals surface area contributed by atoms with Crippen LogP contribution in [0.3, 0.4) is 0 Å². The molecule has 1 amide bonds. The highest BCUT2D eigenvalue weighted by atomic mass is 16.5. The summed E-state index contributed by atoms with van der Waals surface area (Å²) in [6, 6.07) is 6.19. The van der Waals surface area contributed by atoms with Crippen molar-refractivity contribution in [2.24, 2.45) is 5.92 Å². The van der Waals surface area contributed by atoms with Gasteiger partial charge in [0.1, 0.15) is 5.60 Å². The lowest BCUT2D eigenvalue weighted by Gasteiger charge is -2.25. The number of ether oxygens (including phenoxy) is 2. The molecule has 1 aliphatic carbocycles. The van der Waals surface area contributed by atoms with Crippen LogP contribution >= 0.6 is 0 Å². The first kappa shape index (κ1) is 15.2. The zero-order valence-corrected chi connectivity index (χ0v) is 13.9. The number of hydrogen-bond acceptors (Lipinski definition) is 3. The van der Waals surface area contributed by atoms with E-state index in [4.69, 9.17) is 9.47 Å². The quantitative estimate of drug-likeness (QED) is 0.839. The zero-order valence-electron chi connectivity index (χ0n) is 13.9. The molecule has 1 saturated carbocycles. The highest BCUT2D eigenvalue weighted by Crippen LogP contribution is 2.41. The molecule has 0 spiro atoms. The Balaban J connectivity index is 1.63. The van der Waals surface area contributed by atoms with Gasteiger partial charge in [-0.05, 0) is 45.6 Å². The maximum absolute atomic E-state index is 12.3. The monoisotopic (exact) mass is 303 g/mol. The Hall–Kier alpha value is -1.71. The summed E-state index contributed by atoms with van der Waals surface area (Å²) in [6.45, 7) is 6.30. The lowest BCUT2D eigenvalue weighted by molar-refractivity contribution is -0.134. The van der Waals surface area contributed by atoms with Crippen molar-refractivity contribution in [2.75, 3.05) is 13.7 Å². The lowest BCUT2D eigenvalue weighted by atomic mass is 10.0. The molecule has 0 aromatic heterocycles. The molecule has 0 N–H and O–H groups in total. The fourth-order valence-corrected chi connectivity index (χ4v) is 3.06. The molecule has 1 heterocycles. The number of para-hydroxylation sites is 1. The van der Waals surface area contributed by atoms with Crippen molar-refractivity contribution in [1.82, 2.24) is 4.90 Å². The molecule has 3 rings (SSSR count). The topological polar surface area (TPSA) is 38.8 Å². The number of hydrogen-bond donors (Lipinski definition) is 0. The molecular formula is C18H25NO3. The van der Waals surface area contributed by atoms with Gasteiger partial charge in [-0.25, -0.2) is 0 Å². The van der Waals surface area contributed by atoms with Crippen LogP contribution in [0.25, 0.3) is 0 Å². The van der Waals surface area contributed by atoms with Crippen LogP contribution < -0.4 is 9.47 Å². The summed E-state index contributed by atoms with van der Waals surface area (Å²) in [5.41, 5.74) is 0.943. The summed E-state index contributed by atoms with van der Waals surface area (Å²) in [7, 11) is 1.86. The lowest BCUT2D eigenvalue weighted by Crippen LogP contribution is -2.39. The summed E-state index contributed by atoms with van der Waals surface area (Å²) in [5.74, 6) is 2.15. The second-order valence-electron chi connectivity index (χ2n) is 7.15. The second kappa shape index (κ2) is 5.49. The van der Waals surface area contributed by atoms with Gasteiger partial charge >= 0.3 is 0 Å². The Morgan fingerprint density at radius 3 is 2.86 bits per heavy atom. The van der Waals surface area contributed by atoms with Crippen LogP contribution in [0.2, 0.25) is 0 Å². The summed E-state index contributed by atoms with van der Waals surface area (Å²) in [5, 5.41) is 0. The normalized spacial score (nSPS) is 20.0. The van der Waals surface area contributed by atoms with Crippen LogP contribution in [0.4, 0.5) is 0 Å². The van der Waals surface area contributed by atoms with Crippen molar-refractivity contribution < 1.29 is 14.3 Å². The molecule has 4 heteroatoms. The maximum Gasteiger partial charge on any atom is 0.260 e. The molecule has 4 nitrogen and oxygen atoms in total. The van der Waals surface area contributed by atoms with Crippen molar-refractivity contribution in [3.05, 3.63) is 23.8 Å². The van der Waals surface area contributed by atoms with E-state index >= 15 is 0 Å². The number of amides is 1. The first-order chi connectivity index (χ1) is 10.4. The number of benzene rings is 1. The molecule has 1 aromatic rings. The fraction of sp³-hybridized carbons (Fsp3) is 0.611. The predicted molar refractivity (Wildman–Crippen MR) is 85.3 cm³/mol.